The number of nitrogens with zero attached hydrogens (tertiary/aromatic N) is 3. The summed E-state index contributed by atoms with van der Waals surface area (Å²) in [7, 11) is 1.81. The molecule has 3 rings (SSSR count). The van der Waals surface area contributed by atoms with Crippen LogP contribution < -0.4 is 15.7 Å². The number of anilines is 3. The topological polar surface area (TPSA) is 62.0 Å². The fraction of sp³-hybridized carbons (Fsp3) is 0.294. The summed E-state index contributed by atoms with van der Waals surface area (Å²) >= 11 is 0. The summed E-state index contributed by atoms with van der Waals surface area (Å²) in [5.74, 6) is 1.22. The molecule has 0 radical (unpaired) electrons. The van der Waals surface area contributed by atoms with E-state index < -0.39 is 0 Å². The largest absolute Gasteiger partial charge is 0.427 e. The number of fused-ring (bicyclic) bond motifs is 1. The third kappa shape index (κ3) is 3.20. The molecule has 0 saturated carbocycles. The van der Waals surface area contributed by atoms with Crippen molar-refractivity contribution in [1.29, 1.82) is 0 Å². The lowest BCUT2D eigenvalue weighted by atomic mass is 9.64. The first kappa shape index (κ1) is 16.3. The molecule has 7 heteroatoms. The molecule has 0 unspecified atom stereocenters. The molecule has 0 bridgehead atoms. The quantitative estimate of drug-likeness (QED) is 0.652. The zero-order valence-electron chi connectivity index (χ0n) is 13.8. The number of nitrogens with one attached hydrogen (secondary N) is 1. The molecule has 6 nitrogen and oxygen atoms in total. The average Bonchev–Trinajstić information content (AvgIpc) is 2.95. The van der Waals surface area contributed by atoms with Crippen LogP contribution in [0.4, 0.5) is 23.0 Å². The Labute approximate surface area is 142 Å². The van der Waals surface area contributed by atoms with E-state index in [2.05, 4.69) is 27.3 Å². The third-order valence-corrected chi connectivity index (χ3v) is 4.11. The molecule has 0 spiro atoms. The van der Waals surface area contributed by atoms with Gasteiger partial charge in [0.15, 0.2) is 0 Å². The van der Waals surface area contributed by atoms with Crippen LogP contribution in [0.3, 0.4) is 0 Å². The molecule has 1 aliphatic heterocycles. The molecule has 1 aliphatic rings. The predicted molar refractivity (Wildman–Crippen MR) is 96.6 cm³/mol. The van der Waals surface area contributed by atoms with E-state index in [0.717, 1.165) is 5.69 Å². The van der Waals surface area contributed by atoms with Gasteiger partial charge in [0.2, 0.25) is 5.69 Å². The van der Waals surface area contributed by atoms with Gasteiger partial charge < -0.3 is 20.0 Å². The van der Waals surface area contributed by atoms with E-state index in [-0.39, 0.29) is 13.5 Å². The zero-order valence-corrected chi connectivity index (χ0v) is 13.8. The second-order valence-corrected chi connectivity index (χ2v) is 5.79. The highest BCUT2D eigenvalue weighted by Gasteiger charge is 2.23. The number of pyridine rings is 1. The van der Waals surface area contributed by atoms with Crippen LogP contribution in [0.25, 0.3) is 4.85 Å². The third-order valence-electron chi connectivity index (χ3n) is 4.11. The standard InChI is InChI=1S/C17H19BN4O2/c1-18-14-5-4-13(10-12(14)11-24-18)20-16-7-6-15(19-2)17(21-16)22(3)8-9-23/h4-7,10,23H,8-9,11H2,1,3H3,(H,20,21). The number of aliphatic hydroxyl groups excluding tert-OH is 1. The van der Waals surface area contributed by atoms with Gasteiger partial charge in [-0.05, 0) is 35.3 Å². The highest BCUT2D eigenvalue weighted by molar-refractivity contribution is 6.67. The highest BCUT2D eigenvalue weighted by Crippen LogP contribution is 2.29. The number of hydrogen-bond acceptors (Lipinski definition) is 5. The summed E-state index contributed by atoms with van der Waals surface area (Å²) in [5.41, 5.74) is 3.81. The number of rotatable bonds is 5. The maximum atomic E-state index is 9.10. The summed E-state index contributed by atoms with van der Waals surface area (Å²) in [6, 6.07) is 9.67. The summed E-state index contributed by atoms with van der Waals surface area (Å²) in [6.45, 7) is 10.5. The Hall–Kier alpha value is -2.56. The second kappa shape index (κ2) is 6.91. The van der Waals surface area contributed by atoms with Crippen molar-refractivity contribution in [3.63, 3.8) is 0 Å². The Morgan fingerprint density at radius 1 is 1.42 bits per heavy atom. The van der Waals surface area contributed by atoms with Crippen molar-refractivity contribution in [2.45, 2.75) is 13.4 Å². The minimum atomic E-state index is 0.0102. The minimum Gasteiger partial charge on any atom is -0.427 e. The molecule has 2 aromatic rings. The SMILES string of the molecule is [C-]#[N+]c1ccc(Nc2ccc3c(c2)COB3C)nc1N(C)CCO. The van der Waals surface area contributed by atoms with E-state index in [1.54, 1.807) is 17.0 Å². The molecule has 0 amide bonds. The number of benzene rings is 1. The molecule has 0 aliphatic carbocycles. The van der Waals surface area contributed by atoms with Gasteiger partial charge in [-0.15, -0.1) is 0 Å². The Morgan fingerprint density at radius 2 is 2.25 bits per heavy atom. The molecule has 0 saturated heterocycles. The van der Waals surface area contributed by atoms with E-state index in [4.69, 9.17) is 16.3 Å². The van der Waals surface area contributed by atoms with E-state index >= 15 is 0 Å². The van der Waals surface area contributed by atoms with Gasteiger partial charge in [-0.2, -0.15) is 0 Å². The Morgan fingerprint density at radius 3 is 3.00 bits per heavy atom. The molecule has 2 N–H and O–H groups in total. The monoisotopic (exact) mass is 322 g/mol. The Kier molecular flexibility index (Phi) is 4.70. The maximum Gasteiger partial charge on any atom is 0.324 e. The lowest BCUT2D eigenvalue weighted by molar-refractivity contribution is 0.304. The summed E-state index contributed by atoms with van der Waals surface area (Å²) in [6.07, 6.45) is 0. The molecular formula is C17H19BN4O2. The van der Waals surface area contributed by atoms with Gasteiger partial charge in [-0.3, -0.25) is 0 Å². The summed E-state index contributed by atoms with van der Waals surface area (Å²) < 4.78 is 5.63. The van der Waals surface area contributed by atoms with E-state index in [1.165, 1.54) is 11.0 Å². The van der Waals surface area contributed by atoms with Crippen molar-refractivity contribution in [2.75, 3.05) is 30.4 Å². The smallest absolute Gasteiger partial charge is 0.324 e. The van der Waals surface area contributed by atoms with Crippen LogP contribution in [0.15, 0.2) is 30.3 Å². The fourth-order valence-electron chi connectivity index (χ4n) is 2.79. The van der Waals surface area contributed by atoms with Crippen molar-refractivity contribution in [1.82, 2.24) is 4.98 Å². The van der Waals surface area contributed by atoms with Crippen molar-refractivity contribution in [2.24, 2.45) is 0 Å². The lowest BCUT2D eigenvalue weighted by Crippen LogP contribution is -2.24. The van der Waals surface area contributed by atoms with Crippen molar-refractivity contribution < 1.29 is 9.76 Å². The van der Waals surface area contributed by atoms with Crippen LogP contribution in [0.5, 0.6) is 0 Å². The zero-order chi connectivity index (χ0) is 17.1. The normalized spacial score (nSPS) is 12.7. The summed E-state index contributed by atoms with van der Waals surface area (Å²) in [5, 5.41) is 12.4. The highest BCUT2D eigenvalue weighted by atomic mass is 16.4. The minimum absolute atomic E-state index is 0.0102. The van der Waals surface area contributed by atoms with Gasteiger partial charge in [-0.1, -0.05) is 12.9 Å². The van der Waals surface area contributed by atoms with Gasteiger partial charge in [0.25, 0.3) is 0 Å². The molecule has 2 heterocycles. The van der Waals surface area contributed by atoms with E-state index in [1.807, 2.05) is 19.9 Å². The van der Waals surface area contributed by atoms with Crippen LogP contribution >= 0.6 is 0 Å². The predicted octanol–water partition coefficient (Wildman–Crippen LogP) is 2.16. The van der Waals surface area contributed by atoms with Crippen LogP contribution in [-0.4, -0.2) is 37.2 Å². The number of aliphatic hydroxyl groups is 1. The average molecular weight is 322 g/mol. The molecule has 0 fully saturated rings. The molecule has 122 valence electrons. The number of hydrogen-bond donors (Lipinski definition) is 2. The molecule has 1 aromatic carbocycles. The van der Waals surface area contributed by atoms with E-state index in [0.29, 0.717) is 30.5 Å². The lowest BCUT2D eigenvalue weighted by Gasteiger charge is -2.19. The fourth-order valence-corrected chi connectivity index (χ4v) is 2.79. The van der Waals surface area contributed by atoms with Crippen LogP contribution in [0.1, 0.15) is 5.56 Å². The summed E-state index contributed by atoms with van der Waals surface area (Å²) in [4.78, 5) is 9.80. The van der Waals surface area contributed by atoms with Gasteiger partial charge in [0.05, 0.1) is 19.8 Å². The Bertz CT molecular complexity index is 791. The first-order valence-corrected chi connectivity index (χ1v) is 7.84. The van der Waals surface area contributed by atoms with Crippen LogP contribution in [0, 0.1) is 6.57 Å². The van der Waals surface area contributed by atoms with Crippen molar-refractivity contribution in [3.8, 4) is 0 Å². The van der Waals surface area contributed by atoms with Gasteiger partial charge >= 0.3 is 6.92 Å². The first-order valence-electron chi connectivity index (χ1n) is 7.84. The van der Waals surface area contributed by atoms with Crippen LogP contribution in [0.2, 0.25) is 6.82 Å². The molecule has 0 atom stereocenters. The number of likely N-dealkylation sites (N-methyl/N-ethyl adjacent to an activating group) is 1. The maximum absolute atomic E-state index is 9.10. The molecule has 1 aromatic heterocycles. The van der Waals surface area contributed by atoms with Gasteiger partial charge in [0, 0.05) is 19.3 Å². The molecular weight excluding hydrogens is 303 g/mol. The second-order valence-electron chi connectivity index (χ2n) is 5.79. The Balaban J connectivity index is 1.85. The number of aromatic nitrogens is 1. The van der Waals surface area contributed by atoms with Crippen molar-refractivity contribution >= 4 is 35.4 Å². The first-order chi connectivity index (χ1) is 11.6. The van der Waals surface area contributed by atoms with Gasteiger partial charge in [0.1, 0.15) is 11.6 Å². The van der Waals surface area contributed by atoms with Gasteiger partial charge in [-0.25, -0.2) is 9.83 Å². The van der Waals surface area contributed by atoms with Crippen LogP contribution in [-0.2, 0) is 11.3 Å². The molecule has 24 heavy (non-hydrogen) atoms. The van der Waals surface area contributed by atoms with E-state index in [9.17, 15) is 0 Å². The van der Waals surface area contributed by atoms with Crippen molar-refractivity contribution in [3.05, 3.63) is 47.3 Å².